The van der Waals surface area contributed by atoms with Crippen LogP contribution in [0.1, 0.15) is 45.1 Å². The number of thiophene rings is 1. The maximum atomic E-state index is 13.3. The quantitative estimate of drug-likeness (QED) is 0.697. The van der Waals surface area contributed by atoms with Gasteiger partial charge in [-0.05, 0) is 60.6 Å². The lowest BCUT2D eigenvalue weighted by molar-refractivity contribution is -0.141. The van der Waals surface area contributed by atoms with Crippen molar-refractivity contribution < 1.29 is 9.59 Å². The van der Waals surface area contributed by atoms with E-state index in [4.69, 9.17) is 0 Å². The first-order valence-corrected chi connectivity index (χ1v) is 12.1. The minimum atomic E-state index is -0.450. The lowest BCUT2D eigenvalue weighted by Crippen LogP contribution is -2.51. The van der Waals surface area contributed by atoms with Gasteiger partial charge in [-0.3, -0.25) is 9.59 Å². The first kappa shape index (κ1) is 21.1. The van der Waals surface area contributed by atoms with Gasteiger partial charge in [0.2, 0.25) is 11.8 Å². The highest BCUT2D eigenvalue weighted by Gasteiger charge is 2.46. The molecule has 2 heterocycles. The van der Waals surface area contributed by atoms with Crippen molar-refractivity contribution in [2.24, 2.45) is 17.3 Å². The van der Waals surface area contributed by atoms with Gasteiger partial charge in [0.05, 0.1) is 5.41 Å². The Bertz CT molecular complexity index is 884. The molecule has 1 aromatic heterocycles. The molecule has 2 fully saturated rings. The highest BCUT2D eigenvalue weighted by Crippen LogP contribution is 2.43. The van der Waals surface area contributed by atoms with Gasteiger partial charge in [-0.2, -0.15) is 0 Å². The number of nitrogens with one attached hydrogen (secondary N) is 1. The Morgan fingerprint density at radius 2 is 1.90 bits per heavy atom. The summed E-state index contributed by atoms with van der Waals surface area (Å²) in [6, 6.07) is 12.7. The third kappa shape index (κ3) is 4.31. The molecule has 2 atom stereocenters. The van der Waals surface area contributed by atoms with Crippen LogP contribution in [0.4, 0.5) is 0 Å². The fraction of sp³-hybridized carbons (Fsp3) is 0.520. The Kier molecular flexibility index (Phi) is 6.28. The molecule has 1 aliphatic heterocycles. The first-order valence-electron chi connectivity index (χ1n) is 11.2. The van der Waals surface area contributed by atoms with E-state index in [1.807, 2.05) is 4.90 Å². The predicted molar refractivity (Wildman–Crippen MR) is 122 cm³/mol. The number of amides is 2. The molecule has 30 heavy (non-hydrogen) atoms. The van der Waals surface area contributed by atoms with Gasteiger partial charge in [0.15, 0.2) is 0 Å². The van der Waals surface area contributed by atoms with E-state index in [1.54, 1.807) is 11.3 Å². The summed E-state index contributed by atoms with van der Waals surface area (Å²) in [5, 5.41) is 5.26. The molecule has 1 saturated heterocycles. The van der Waals surface area contributed by atoms with E-state index in [9.17, 15) is 9.59 Å². The van der Waals surface area contributed by atoms with Crippen molar-refractivity contribution in [2.45, 2.75) is 46.0 Å². The molecule has 0 unspecified atom stereocenters. The third-order valence-corrected chi connectivity index (χ3v) is 7.71. The summed E-state index contributed by atoms with van der Waals surface area (Å²) in [6.07, 6.45) is 4.13. The molecule has 2 aliphatic rings. The van der Waals surface area contributed by atoms with Crippen molar-refractivity contribution in [2.75, 3.05) is 19.6 Å². The average molecular weight is 425 g/mol. The second-order valence-electron chi connectivity index (χ2n) is 8.99. The van der Waals surface area contributed by atoms with Crippen molar-refractivity contribution in [1.29, 1.82) is 0 Å². The van der Waals surface area contributed by atoms with E-state index in [0.717, 1.165) is 32.1 Å². The number of hydrogen-bond acceptors (Lipinski definition) is 3. The number of carbonyl (C=O) groups is 2. The Morgan fingerprint density at radius 3 is 2.53 bits per heavy atom. The largest absolute Gasteiger partial charge is 0.356 e. The molecule has 1 aromatic carbocycles. The van der Waals surface area contributed by atoms with E-state index >= 15 is 0 Å². The molecule has 160 valence electrons. The van der Waals surface area contributed by atoms with Crippen LogP contribution in [0.2, 0.25) is 0 Å². The van der Waals surface area contributed by atoms with Crippen molar-refractivity contribution in [1.82, 2.24) is 10.2 Å². The monoisotopic (exact) mass is 424 g/mol. The van der Waals surface area contributed by atoms with Gasteiger partial charge >= 0.3 is 0 Å². The minimum absolute atomic E-state index is 0.150. The van der Waals surface area contributed by atoms with Crippen molar-refractivity contribution >= 4 is 23.2 Å². The number of carbonyl (C=O) groups excluding carboxylic acids is 2. The Labute approximate surface area is 183 Å². The van der Waals surface area contributed by atoms with Crippen LogP contribution in [0.15, 0.2) is 41.8 Å². The van der Waals surface area contributed by atoms with E-state index in [1.165, 1.54) is 16.0 Å². The van der Waals surface area contributed by atoms with Crippen molar-refractivity contribution in [3.05, 3.63) is 47.3 Å². The predicted octanol–water partition coefficient (Wildman–Crippen LogP) is 4.75. The molecule has 0 spiro atoms. The topological polar surface area (TPSA) is 49.4 Å². The molecule has 2 aromatic rings. The Balaban J connectivity index is 1.56. The second kappa shape index (κ2) is 8.93. The summed E-state index contributed by atoms with van der Waals surface area (Å²) >= 11 is 1.73. The molecule has 5 heteroatoms. The van der Waals surface area contributed by atoms with E-state index in [2.05, 4.69) is 60.9 Å². The van der Waals surface area contributed by atoms with Gasteiger partial charge in [0.25, 0.3) is 0 Å². The summed E-state index contributed by atoms with van der Waals surface area (Å²) in [4.78, 5) is 29.3. The number of nitrogens with zero attached hydrogens (tertiary/aromatic N) is 1. The van der Waals surface area contributed by atoms with Gasteiger partial charge in [-0.1, -0.05) is 44.2 Å². The van der Waals surface area contributed by atoms with Crippen LogP contribution < -0.4 is 5.32 Å². The zero-order valence-corrected chi connectivity index (χ0v) is 18.8. The molecule has 1 N–H and O–H groups in total. The summed E-state index contributed by atoms with van der Waals surface area (Å²) in [5.74, 6) is 1.18. The first-order chi connectivity index (χ1) is 14.5. The van der Waals surface area contributed by atoms with Gasteiger partial charge < -0.3 is 10.2 Å². The lowest BCUT2D eigenvalue weighted by Gasteiger charge is -2.41. The number of hydrogen-bond donors (Lipinski definition) is 1. The summed E-state index contributed by atoms with van der Waals surface area (Å²) in [7, 11) is 0. The van der Waals surface area contributed by atoms with Crippen LogP contribution in [0.5, 0.6) is 0 Å². The lowest BCUT2D eigenvalue weighted by atomic mass is 9.72. The Morgan fingerprint density at radius 1 is 1.17 bits per heavy atom. The molecule has 4 rings (SSSR count). The van der Waals surface area contributed by atoms with Crippen LogP contribution in [0.3, 0.4) is 0 Å². The fourth-order valence-corrected chi connectivity index (χ4v) is 5.46. The molecular weight excluding hydrogens is 392 g/mol. The number of piperidine rings is 1. The van der Waals surface area contributed by atoms with E-state index in [0.29, 0.717) is 31.5 Å². The SMILES string of the molecule is CCCNC(=O)C1(Cc2ccccc2-c2cccs2)CCN(C(=O)[C@@H]2C[C@H]2C)CC1. The van der Waals surface area contributed by atoms with Gasteiger partial charge in [0, 0.05) is 30.4 Å². The van der Waals surface area contributed by atoms with Crippen LogP contribution in [0, 0.1) is 17.3 Å². The highest BCUT2D eigenvalue weighted by molar-refractivity contribution is 7.13. The standard InChI is InChI=1S/C25H32N2O2S/c1-3-12-26-24(29)25(10-13-27(14-11-25)23(28)21-16-18(21)2)17-19-7-4-5-8-20(19)22-9-6-15-30-22/h4-9,15,18,21H,3,10-14,16-17H2,1-2H3,(H,26,29)/t18-,21-/m1/s1. The second-order valence-corrected chi connectivity index (χ2v) is 9.94. The zero-order valence-electron chi connectivity index (χ0n) is 18.0. The normalized spacial score (nSPS) is 22.5. The molecule has 1 saturated carbocycles. The van der Waals surface area contributed by atoms with Crippen LogP contribution in [-0.2, 0) is 16.0 Å². The van der Waals surface area contributed by atoms with Crippen molar-refractivity contribution in [3.63, 3.8) is 0 Å². The Hall–Kier alpha value is -2.14. The molecular formula is C25H32N2O2S. The van der Waals surface area contributed by atoms with Gasteiger partial charge in [0.1, 0.15) is 0 Å². The minimum Gasteiger partial charge on any atom is -0.356 e. The van der Waals surface area contributed by atoms with Gasteiger partial charge in [-0.25, -0.2) is 0 Å². The van der Waals surface area contributed by atoms with E-state index in [-0.39, 0.29) is 11.8 Å². The number of benzene rings is 1. The van der Waals surface area contributed by atoms with Crippen LogP contribution >= 0.6 is 11.3 Å². The van der Waals surface area contributed by atoms with E-state index < -0.39 is 5.41 Å². The molecule has 4 nitrogen and oxygen atoms in total. The fourth-order valence-electron chi connectivity index (χ4n) is 4.68. The van der Waals surface area contributed by atoms with Crippen LogP contribution in [-0.4, -0.2) is 36.3 Å². The average Bonchev–Trinajstić information content (AvgIpc) is 3.25. The zero-order chi connectivity index (χ0) is 21.1. The maximum absolute atomic E-state index is 13.3. The highest BCUT2D eigenvalue weighted by atomic mass is 32.1. The third-order valence-electron chi connectivity index (χ3n) is 6.81. The summed E-state index contributed by atoms with van der Waals surface area (Å²) in [6.45, 7) is 6.30. The molecule has 0 radical (unpaired) electrons. The molecule has 2 amide bonds. The number of likely N-dealkylation sites (tertiary alicyclic amines) is 1. The van der Waals surface area contributed by atoms with Crippen LogP contribution in [0.25, 0.3) is 10.4 Å². The smallest absolute Gasteiger partial charge is 0.226 e. The summed E-state index contributed by atoms with van der Waals surface area (Å²) in [5.41, 5.74) is 2.00. The summed E-state index contributed by atoms with van der Waals surface area (Å²) < 4.78 is 0. The van der Waals surface area contributed by atoms with Gasteiger partial charge in [-0.15, -0.1) is 11.3 Å². The number of rotatable bonds is 7. The molecule has 1 aliphatic carbocycles. The molecule has 0 bridgehead atoms. The maximum Gasteiger partial charge on any atom is 0.226 e. The van der Waals surface area contributed by atoms with Crippen molar-refractivity contribution in [3.8, 4) is 10.4 Å².